The van der Waals surface area contributed by atoms with Crippen molar-refractivity contribution in [2.24, 2.45) is 20.0 Å². The molecular weight excluding hydrogens is 296 g/mol. The van der Waals surface area contributed by atoms with E-state index < -0.39 is 26.2 Å². The van der Waals surface area contributed by atoms with Gasteiger partial charge in [0, 0.05) is 33.4 Å². The number of piperidine rings is 1. The summed E-state index contributed by atoms with van der Waals surface area (Å²) in [6.07, 6.45) is 2.26. The minimum Gasteiger partial charge on any atom is -0.302 e. The van der Waals surface area contributed by atoms with Crippen molar-refractivity contribution in [3.8, 4) is 6.07 Å². The molecule has 0 amide bonds. The van der Waals surface area contributed by atoms with Crippen molar-refractivity contribution in [2.45, 2.75) is 17.7 Å². The highest BCUT2D eigenvalue weighted by Gasteiger charge is 2.33. The number of hydrogen-bond donors (Lipinski definition) is 0. The summed E-state index contributed by atoms with van der Waals surface area (Å²) in [6, 6.07) is 2.06. The summed E-state index contributed by atoms with van der Waals surface area (Å²) in [5, 5.41) is 8.94. The minimum absolute atomic E-state index is 0.0742. The van der Waals surface area contributed by atoms with Crippen LogP contribution in [0.2, 0.25) is 0 Å². The molecule has 0 aliphatic carbocycles. The van der Waals surface area contributed by atoms with Crippen molar-refractivity contribution < 1.29 is 8.42 Å². The summed E-state index contributed by atoms with van der Waals surface area (Å²) < 4.78 is 28.1. The highest BCUT2D eigenvalue weighted by atomic mass is 32.2. The zero-order valence-electron chi connectivity index (χ0n) is 11.8. The van der Waals surface area contributed by atoms with Crippen LogP contribution in [0.3, 0.4) is 0 Å². The van der Waals surface area contributed by atoms with E-state index >= 15 is 0 Å². The highest BCUT2D eigenvalue weighted by Crippen LogP contribution is 2.21. The molecule has 21 heavy (non-hydrogen) atoms. The average Bonchev–Trinajstić information content (AvgIpc) is 2.48. The Balaban J connectivity index is 2.53. The van der Waals surface area contributed by atoms with Gasteiger partial charge in [0.15, 0.2) is 4.90 Å². The van der Waals surface area contributed by atoms with Crippen LogP contribution in [-0.4, -0.2) is 34.9 Å². The second-order valence-corrected chi connectivity index (χ2v) is 6.99. The first-order valence-corrected chi connectivity index (χ1v) is 7.89. The van der Waals surface area contributed by atoms with Crippen LogP contribution < -0.4 is 11.2 Å². The van der Waals surface area contributed by atoms with Crippen LogP contribution in [0.1, 0.15) is 12.8 Å². The second kappa shape index (κ2) is 5.46. The van der Waals surface area contributed by atoms with Crippen molar-refractivity contribution in [3.63, 3.8) is 0 Å². The maximum atomic E-state index is 12.6. The lowest BCUT2D eigenvalue weighted by molar-refractivity contribution is 0.304. The van der Waals surface area contributed by atoms with Crippen LogP contribution >= 0.6 is 0 Å². The normalized spacial score (nSPS) is 20.1. The van der Waals surface area contributed by atoms with Crippen molar-refractivity contribution in [1.82, 2.24) is 13.4 Å². The lowest BCUT2D eigenvalue weighted by Gasteiger charge is -2.28. The fourth-order valence-electron chi connectivity index (χ4n) is 2.36. The summed E-state index contributed by atoms with van der Waals surface area (Å²) in [7, 11) is -1.39. The number of hydrogen-bond acceptors (Lipinski definition) is 5. The lowest BCUT2D eigenvalue weighted by atomic mass is 10.0. The smallest absolute Gasteiger partial charge is 0.302 e. The number of sulfonamides is 1. The molecule has 2 rings (SSSR count). The molecule has 1 aromatic heterocycles. The molecule has 1 aliphatic heterocycles. The predicted octanol–water partition coefficient (Wildman–Crippen LogP) is -0.992. The van der Waals surface area contributed by atoms with E-state index in [4.69, 9.17) is 5.26 Å². The summed E-state index contributed by atoms with van der Waals surface area (Å²) in [6.45, 7) is 0.345. The molecule has 1 aliphatic rings. The van der Waals surface area contributed by atoms with Crippen LogP contribution in [-0.2, 0) is 24.1 Å². The molecule has 0 saturated carbocycles. The number of nitrogens with zero attached hydrogens (tertiary/aromatic N) is 4. The largest absolute Gasteiger partial charge is 0.330 e. The Labute approximate surface area is 121 Å². The second-order valence-electron chi connectivity index (χ2n) is 5.08. The molecule has 0 spiro atoms. The van der Waals surface area contributed by atoms with Crippen LogP contribution in [0.5, 0.6) is 0 Å². The number of aryl methyl sites for hydroxylation is 1. The Bertz CT molecular complexity index is 815. The van der Waals surface area contributed by atoms with Crippen LogP contribution in [0, 0.1) is 17.2 Å². The van der Waals surface area contributed by atoms with Gasteiger partial charge in [0.2, 0.25) is 10.0 Å². The molecule has 8 nitrogen and oxygen atoms in total. The molecule has 1 atom stereocenters. The van der Waals surface area contributed by atoms with Gasteiger partial charge in [-0.2, -0.15) is 9.57 Å². The van der Waals surface area contributed by atoms with Gasteiger partial charge < -0.3 is 4.57 Å². The van der Waals surface area contributed by atoms with Crippen LogP contribution in [0.15, 0.2) is 20.7 Å². The van der Waals surface area contributed by atoms with Gasteiger partial charge in [0.1, 0.15) is 0 Å². The average molecular weight is 312 g/mol. The van der Waals surface area contributed by atoms with E-state index in [1.807, 2.05) is 0 Å². The maximum Gasteiger partial charge on any atom is 0.330 e. The van der Waals surface area contributed by atoms with E-state index in [-0.39, 0.29) is 19.0 Å². The molecule has 2 heterocycles. The molecule has 9 heteroatoms. The third-order valence-electron chi connectivity index (χ3n) is 3.60. The fourth-order valence-corrected chi connectivity index (χ4v) is 4.03. The summed E-state index contributed by atoms with van der Waals surface area (Å²) in [5.74, 6) is -0.370. The Hall–Kier alpha value is -1.92. The van der Waals surface area contributed by atoms with Gasteiger partial charge in [-0.1, -0.05) is 0 Å². The molecule has 0 bridgehead atoms. The summed E-state index contributed by atoms with van der Waals surface area (Å²) in [4.78, 5) is 23.2. The molecule has 114 valence electrons. The number of nitriles is 1. The van der Waals surface area contributed by atoms with E-state index in [9.17, 15) is 18.0 Å². The first kappa shape index (κ1) is 15.5. The lowest BCUT2D eigenvalue weighted by Crippen LogP contribution is -2.45. The third-order valence-corrected chi connectivity index (χ3v) is 5.45. The fraction of sp³-hybridized carbons (Fsp3) is 0.583. The Kier molecular flexibility index (Phi) is 4.02. The zero-order chi connectivity index (χ0) is 15.8. The Morgan fingerprint density at radius 3 is 2.62 bits per heavy atom. The molecule has 1 saturated heterocycles. The Morgan fingerprint density at radius 1 is 1.33 bits per heavy atom. The van der Waals surface area contributed by atoms with Crippen molar-refractivity contribution in [2.75, 3.05) is 13.1 Å². The Morgan fingerprint density at radius 2 is 2.00 bits per heavy atom. The zero-order valence-corrected chi connectivity index (χ0v) is 12.6. The van der Waals surface area contributed by atoms with Crippen LogP contribution in [0.4, 0.5) is 0 Å². The maximum absolute atomic E-state index is 12.6. The van der Waals surface area contributed by atoms with Gasteiger partial charge in [-0.25, -0.2) is 13.2 Å². The predicted molar refractivity (Wildman–Crippen MR) is 74.0 cm³/mol. The quantitative estimate of drug-likeness (QED) is 0.697. The van der Waals surface area contributed by atoms with E-state index in [0.717, 1.165) is 19.6 Å². The van der Waals surface area contributed by atoms with Crippen molar-refractivity contribution in [1.29, 1.82) is 5.26 Å². The highest BCUT2D eigenvalue weighted by molar-refractivity contribution is 7.89. The van der Waals surface area contributed by atoms with Gasteiger partial charge in [-0.15, -0.1) is 0 Å². The standard InChI is InChI=1S/C12H16N4O4S/c1-14-8-10(11(17)15(2)12(14)18)21(19,20)16-5-3-4-9(6-13)7-16/h8-9H,3-5,7H2,1-2H3. The minimum atomic E-state index is -4.01. The van der Waals surface area contributed by atoms with E-state index in [2.05, 4.69) is 6.07 Å². The van der Waals surface area contributed by atoms with Gasteiger partial charge in [0.05, 0.1) is 12.0 Å². The first-order chi connectivity index (χ1) is 9.78. The SMILES string of the molecule is Cn1cc(S(=O)(=O)N2CCCC(C#N)C2)c(=O)n(C)c1=O. The monoisotopic (exact) mass is 312 g/mol. The number of aromatic nitrogens is 2. The molecule has 0 N–H and O–H groups in total. The topological polar surface area (TPSA) is 105 Å². The first-order valence-electron chi connectivity index (χ1n) is 6.45. The van der Waals surface area contributed by atoms with Gasteiger partial charge in [-0.3, -0.25) is 9.36 Å². The molecule has 1 unspecified atom stereocenters. The van der Waals surface area contributed by atoms with E-state index in [0.29, 0.717) is 12.8 Å². The number of rotatable bonds is 2. The van der Waals surface area contributed by atoms with Gasteiger partial charge in [-0.05, 0) is 12.8 Å². The third kappa shape index (κ3) is 2.64. The molecule has 0 aromatic carbocycles. The van der Waals surface area contributed by atoms with E-state index in [1.165, 1.54) is 14.1 Å². The van der Waals surface area contributed by atoms with Crippen molar-refractivity contribution in [3.05, 3.63) is 27.0 Å². The van der Waals surface area contributed by atoms with Crippen molar-refractivity contribution >= 4 is 10.0 Å². The van der Waals surface area contributed by atoms with Crippen LogP contribution in [0.25, 0.3) is 0 Å². The summed E-state index contributed by atoms with van der Waals surface area (Å²) >= 11 is 0. The molecular formula is C12H16N4O4S. The molecule has 1 aromatic rings. The van der Waals surface area contributed by atoms with Gasteiger partial charge >= 0.3 is 5.69 Å². The molecule has 0 radical (unpaired) electrons. The van der Waals surface area contributed by atoms with E-state index in [1.54, 1.807) is 0 Å². The van der Waals surface area contributed by atoms with Gasteiger partial charge in [0.25, 0.3) is 5.56 Å². The molecule has 1 fully saturated rings. The summed E-state index contributed by atoms with van der Waals surface area (Å²) in [5.41, 5.74) is -1.44.